The molecule has 2 heteroatoms. The molecule has 1 amide bonds. The lowest BCUT2D eigenvalue weighted by Crippen LogP contribution is -2.33. The number of carbonyl (C=O) groups is 1. The van der Waals surface area contributed by atoms with E-state index in [1.807, 2.05) is 41.3 Å². The molecule has 1 heterocycles. The average molecular weight is 263 g/mol. The van der Waals surface area contributed by atoms with Gasteiger partial charge in [0.1, 0.15) is 0 Å². The fraction of sp³-hybridized carbons (Fsp3) is 0.167. The molecule has 0 fully saturated rings. The second-order valence-corrected chi connectivity index (χ2v) is 5.10. The molecule has 20 heavy (non-hydrogen) atoms. The molecule has 0 saturated heterocycles. The molecule has 0 N–H and O–H groups in total. The van der Waals surface area contributed by atoms with Crippen LogP contribution in [0.3, 0.4) is 0 Å². The van der Waals surface area contributed by atoms with Gasteiger partial charge < -0.3 is 4.90 Å². The Bertz CT molecular complexity index is 645. The maximum absolute atomic E-state index is 12.5. The Morgan fingerprint density at radius 2 is 1.50 bits per heavy atom. The van der Waals surface area contributed by atoms with Gasteiger partial charge in [0.05, 0.1) is 6.54 Å². The molecule has 0 radical (unpaired) electrons. The molecule has 100 valence electrons. The summed E-state index contributed by atoms with van der Waals surface area (Å²) >= 11 is 0. The molecular formula is C18H17NO. The van der Waals surface area contributed by atoms with Crippen molar-refractivity contribution < 1.29 is 4.79 Å². The molecule has 1 aliphatic rings. The molecule has 0 atom stereocenters. The van der Waals surface area contributed by atoms with Gasteiger partial charge >= 0.3 is 0 Å². The normalized spacial score (nSPS) is 15.5. The van der Waals surface area contributed by atoms with Crippen LogP contribution in [0.15, 0.2) is 66.7 Å². The summed E-state index contributed by atoms with van der Waals surface area (Å²) in [4.78, 5) is 14.4. The van der Waals surface area contributed by atoms with Crippen molar-refractivity contribution >= 4 is 11.6 Å². The van der Waals surface area contributed by atoms with Gasteiger partial charge in [-0.1, -0.05) is 49.0 Å². The third-order valence-electron chi connectivity index (χ3n) is 3.76. The van der Waals surface area contributed by atoms with Crippen LogP contribution in [-0.4, -0.2) is 5.91 Å². The highest BCUT2D eigenvalue weighted by molar-refractivity contribution is 6.05. The quantitative estimate of drug-likeness (QED) is 0.718. The van der Waals surface area contributed by atoms with Gasteiger partial charge in [0.2, 0.25) is 0 Å². The zero-order chi connectivity index (χ0) is 13.9. The molecule has 0 saturated carbocycles. The minimum Gasteiger partial charge on any atom is -0.304 e. The Hall–Kier alpha value is -2.35. The lowest BCUT2D eigenvalue weighted by Gasteiger charge is -2.27. The van der Waals surface area contributed by atoms with Gasteiger partial charge in [0, 0.05) is 11.3 Å². The van der Waals surface area contributed by atoms with E-state index in [-0.39, 0.29) is 5.91 Å². The third kappa shape index (κ3) is 2.37. The summed E-state index contributed by atoms with van der Waals surface area (Å²) in [6.45, 7) is 4.56. The second-order valence-electron chi connectivity index (χ2n) is 5.10. The van der Waals surface area contributed by atoms with Crippen LogP contribution in [0.1, 0.15) is 17.5 Å². The first-order chi connectivity index (χ1) is 9.75. The Balaban J connectivity index is 2.04. The standard InChI is InChI=1S/C18H17NO/c1-14-11-12-15-7-5-6-8-16(15)13-19(18(14)20)17-9-3-2-4-10-17/h2-10H,1,11-13H2. The zero-order valence-electron chi connectivity index (χ0n) is 11.4. The topological polar surface area (TPSA) is 20.3 Å². The van der Waals surface area contributed by atoms with Crippen molar-refractivity contribution in [3.8, 4) is 0 Å². The predicted octanol–water partition coefficient (Wildman–Crippen LogP) is 3.72. The summed E-state index contributed by atoms with van der Waals surface area (Å²) in [5.74, 6) is 0.0331. The van der Waals surface area contributed by atoms with Crippen molar-refractivity contribution in [2.24, 2.45) is 0 Å². The number of benzene rings is 2. The summed E-state index contributed by atoms with van der Waals surface area (Å²) in [6.07, 6.45) is 1.61. The molecular weight excluding hydrogens is 246 g/mol. The SMILES string of the molecule is C=C1CCc2ccccc2CN(c2ccccc2)C1=O. The Labute approximate surface area is 119 Å². The van der Waals surface area contributed by atoms with Crippen LogP contribution in [0.25, 0.3) is 0 Å². The van der Waals surface area contributed by atoms with Crippen LogP contribution < -0.4 is 4.90 Å². The van der Waals surface area contributed by atoms with E-state index in [1.54, 1.807) is 0 Å². The highest BCUT2D eigenvalue weighted by atomic mass is 16.2. The van der Waals surface area contributed by atoms with Gasteiger partial charge in [-0.3, -0.25) is 4.79 Å². The molecule has 2 aromatic carbocycles. The van der Waals surface area contributed by atoms with Crippen molar-refractivity contribution in [3.05, 3.63) is 77.9 Å². The number of para-hydroxylation sites is 1. The van der Waals surface area contributed by atoms with Crippen LogP contribution >= 0.6 is 0 Å². The molecule has 0 bridgehead atoms. The monoisotopic (exact) mass is 263 g/mol. The Morgan fingerprint density at radius 3 is 2.25 bits per heavy atom. The van der Waals surface area contributed by atoms with E-state index < -0.39 is 0 Å². The van der Waals surface area contributed by atoms with E-state index in [0.717, 1.165) is 18.5 Å². The van der Waals surface area contributed by atoms with Crippen LogP contribution in [0.5, 0.6) is 0 Å². The molecule has 0 aliphatic carbocycles. The molecule has 0 aromatic heterocycles. The molecule has 3 rings (SSSR count). The van der Waals surface area contributed by atoms with Crippen LogP contribution in [-0.2, 0) is 17.8 Å². The summed E-state index contributed by atoms with van der Waals surface area (Å²) in [5, 5.41) is 0. The van der Waals surface area contributed by atoms with Crippen LogP contribution in [0.2, 0.25) is 0 Å². The number of rotatable bonds is 1. The number of fused-ring (bicyclic) bond motifs is 1. The minimum atomic E-state index is 0.0331. The lowest BCUT2D eigenvalue weighted by molar-refractivity contribution is -0.115. The van der Waals surface area contributed by atoms with Gasteiger partial charge in [0.25, 0.3) is 5.91 Å². The van der Waals surface area contributed by atoms with Crippen molar-refractivity contribution in [2.45, 2.75) is 19.4 Å². The van der Waals surface area contributed by atoms with Gasteiger partial charge in [-0.15, -0.1) is 0 Å². The summed E-state index contributed by atoms with van der Waals surface area (Å²) in [7, 11) is 0. The maximum atomic E-state index is 12.5. The highest BCUT2D eigenvalue weighted by Gasteiger charge is 2.22. The lowest BCUT2D eigenvalue weighted by atomic mass is 9.96. The van der Waals surface area contributed by atoms with Crippen LogP contribution in [0, 0.1) is 0 Å². The van der Waals surface area contributed by atoms with E-state index in [1.165, 1.54) is 11.1 Å². The van der Waals surface area contributed by atoms with Crippen molar-refractivity contribution in [3.63, 3.8) is 0 Å². The third-order valence-corrected chi connectivity index (χ3v) is 3.76. The Kier molecular flexibility index (Phi) is 3.38. The summed E-state index contributed by atoms with van der Waals surface area (Å²) in [6, 6.07) is 18.1. The van der Waals surface area contributed by atoms with Gasteiger partial charge in [-0.25, -0.2) is 0 Å². The Morgan fingerprint density at radius 1 is 0.850 bits per heavy atom. The molecule has 0 spiro atoms. The van der Waals surface area contributed by atoms with Crippen molar-refractivity contribution in [2.75, 3.05) is 4.90 Å². The fourth-order valence-corrected chi connectivity index (χ4v) is 2.60. The molecule has 0 unspecified atom stereocenters. The number of anilines is 1. The van der Waals surface area contributed by atoms with Crippen molar-refractivity contribution in [1.82, 2.24) is 0 Å². The maximum Gasteiger partial charge on any atom is 0.253 e. The number of nitrogens with zero attached hydrogens (tertiary/aromatic N) is 1. The van der Waals surface area contributed by atoms with E-state index in [9.17, 15) is 4.79 Å². The number of hydrogen-bond donors (Lipinski definition) is 0. The van der Waals surface area contributed by atoms with Gasteiger partial charge in [0.15, 0.2) is 0 Å². The molecule has 2 aromatic rings. The van der Waals surface area contributed by atoms with Crippen LogP contribution in [0.4, 0.5) is 5.69 Å². The second kappa shape index (κ2) is 5.33. The fourth-order valence-electron chi connectivity index (χ4n) is 2.60. The smallest absolute Gasteiger partial charge is 0.253 e. The van der Waals surface area contributed by atoms with Crippen molar-refractivity contribution in [1.29, 1.82) is 0 Å². The first-order valence-corrected chi connectivity index (χ1v) is 6.87. The summed E-state index contributed by atoms with van der Waals surface area (Å²) < 4.78 is 0. The molecule has 2 nitrogen and oxygen atoms in total. The number of carbonyl (C=O) groups excluding carboxylic acids is 1. The predicted molar refractivity (Wildman–Crippen MR) is 81.5 cm³/mol. The zero-order valence-corrected chi connectivity index (χ0v) is 11.4. The number of hydrogen-bond acceptors (Lipinski definition) is 1. The first-order valence-electron chi connectivity index (χ1n) is 6.87. The average Bonchev–Trinajstić information content (AvgIpc) is 2.50. The van der Waals surface area contributed by atoms with E-state index in [2.05, 4.69) is 24.8 Å². The molecule has 1 aliphatic heterocycles. The number of aryl methyl sites for hydroxylation is 1. The largest absolute Gasteiger partial charge is 0.304 e. The first kappa shape index (κ1) is 12.7. The van der Waals surface area contributed by atoms with E-state index in [0.29, 0.717) is 12.1 Å². The highest BCUT2D eigenvalue weighted by Crippen LogP contribution is 2.25. The van der Waals surface area contributed by atoms with E-state index >= 15 is 0 Å². The van der Waals surface area contributed by atoms with E-state index in [4.69, 9.17) is 0 Å². The summed E-state index contributed by atoms with van der Waals surface area (Å²) in [5.41, 5.74) is 4.14. The number of amides is 1. The van der Waals surface area contributed by atoms with Gasteiger partial charge in [-0.2, -0.15) is 0 Å². The minimum absolute atomic E-state index is 0.0331. The van der Waals surface area contributed by atoms with Gasteiger partial charge in [-0.05, 0) is 36.1 Å².